The van der Waals surface area contributed by atoms with Crippen molar-refractivity contribution in [3.8, 4) is 6.07 Å². The fourth-order valence-corrected chi connectivity index (χ4v) is 2.21. The van der Waals surface area contributed by atoms with Crippen molar-refractivity contribution < 1.29 is 5.11 Å². The maximum Gasteiger partial charge on any atom is 0.0997 e. The molecule has 0 amide bonds. The number of allylic oxidation sites excluding steroid dienone is 2. The fraction of sp³-hybridized carbons (Fsp3) is 0.267. The average molecular weight is 225 g/mol. The summed E-state index contributed by atoms with van der Waals surface area (Å²) in [5, 5.41) is 18.9. The predicted octanol–water partition coefficient (Wildman–Crippen LogP) is 3.06. The Morgan fingerprint density at radius 1 is 1.35 bits per heavy atom. The van der Waals surface area contributed by atoms with E-state index < -0.39 is 5.60 Å². The van der Waals surface area contributed by atoms with E-state index in [0.717, 1.165) is 16.7 Å². The fourth-order valence-electron chi connectivity index (χ4n) is 2.21. The molecule has 0 saturated carbocycles. The first-order valence-corrected chi connectivity index (χ1v) is 5.68. The third kappa shape index (κ3) is 2.46. The van der Waals surface area contributed by atoms with E-state index in [2.05, 4.69) is 12.1 Å². The summed E-state index contributed by atoms with van der Waals surface area (Å²) >= 11 is 0. The molecular weight excluding hydrogens is 210 g/mol. The Morgan fingerprint density at radius 3 is 2.65 bits per heavy atom. The first kappa shape index (κ1) is 11.6. The molecule has 1 aromatic carbocycles. The van der Waals surface area contributed by atoms with E-state index in [1.807, 2.05) is 37.3 Å². The Balaban J connectivity index is 2.30. The van der Waals surface area contributed by atoms with Gasteiger partial charge in [-0.2, -0.15) is 5.26 Å². The van der Waals surface area contributed by atoms with Crippen LogP contribution < -0.4 is 0 Å². The number of rotatable bonds is 2. The molecular formula is C15H15NO. The Labute approximate surface area is 102 Å². The van der Waals surface area contributed by atoms with Crippen molar-refractivity contribution in [1.82, 2.24) is 0 Å². The molecule has 1 N–H and O–H groups in total. The van der Waals surface area contributed by atoms with Crippen LogP contribution in [-0.2, 0) is 0 Å². The monoisotopic (exact) mass is 225 g/mol. The molecule has 1 aliphatic carbocycles. The topological polar surface area (TPSA) is 44.0 Å². The van der Waals surface area contributed by atoms with Gasteiger partial charge in [-0.25, -0.2) is 0 Å². The van der Waals surface area contributed by atoms with Crippen molar-refractivity contribution in [2.24, 2.45) is 0 Å². The molecule has 0 spiro atoms. The zero-order valence-electron chi connectivity index (χ0n) is 9.85. The third-order valence-electron chi connectivity index (χ3n) is 3.06. The maximum absolute atomic E-state index is 10.2. The normalized spacial score (nSPS) is 23.6. The van der Waals surface area contributed by atoms with Gasteiger partial charge < -0.3 is 5.11 Å². The van der Waals surface area contributed by atoms with Gasteiger partial charge in [0.1, 0.15) is 0 Å². The minimum absolute atomic E-state index is 0.142. The molecule has 0 heterocycles. The molecule has 1 aromatic rings. The summed E-state index contributed by atoms with van der Waals surface area (Å²) in [7, 11) is 0. The molecule has 0 saturated heterocycles. The number of aliphatic hydroxyl groups is 1. The van der Waals surface area contributed by atoms with Gasteiger partial charge in [-0.15, -0.1) is 0 Å². The Morgan fingerprint density at radius 2 is 2.06 bits per heavy atom. The molecule has 0 radical (unpaired) electrons. The van der Waals surface area contributed by atoms with E-state index in [1.54, 1.807) is 6.08 Å². The van der Waals surface area contributed by atoms with Crippen molar-refractivity contribution >= 4 is 5.57 Å². The van der Waals surface area contributed by atoms with Gasteiger partial charge in [0.2, 0.25) is 0 Å². The van der Waals surface area contributed by atoms with Crippen LogP contribution in [0.3, 0.4) is 0 Å². The molecule has 2 nitrogen and oxygen atoms in total. The van der Waals surface area contributed by atoms with Gasteiger partial charge in [0, 0.05) is 6.42 Å². The zero-order valence-corrected chi connectivity index (χ0v) is 9.85. The Bertz CT molecular complexity index is 507. The highest BCUT2D eigenvalue weighted by Crippen LogP contribution is 2.33. The van der Waals surface area contributed by atoms with E-state index in [9.17, 15) is 5.11 Å². The summed E-state index contributed by atoms with van der Waals surface area (Å²) in [4.78, 5) is 0. The number of hydrogen-bond acceptors (Lipinski definition) is 2. The maximum atomic E-state index is 10.2. The van der Waals surface area contributed by atoms with Crippen LogP contribution >= 0.6 is 0 Å². The quantitative estimate of drug-likeness (QED) is 0.840. The smallest absolute Gasteiger partial charge is 0.0997 e. The van der Waals surface area contributed by atoms with Crippen molar-refractivity contribution in [3.05, 3.63) is 53.6 Å². The first-order chi connectivity index (χ1) is 8.14. The number of nitrogens with zero attached hydrogens (tertiary/aromatic N) is 1. The zero-order chi connectivity index (χ0) is 12.3. The largest absolute Gasteiger partial charge is 0.384 e. The highest BCUT2D eigenvalue weighted by atomic mass is 16.3. The second kappa shape index (κ2) is 4.57. The van der Waals surface area contributed by atoms with Gasteiger partial charge in [-0.3, -0.25) is 0 Å². The van der Waals surface area contributed by atoms with Crippen LogP contribution in [0.15, 0.2) is 48.1 Å². The summed E-state index contributed by atoms with van der Waals surface area (Å²) in [6, 6.07) is 12.1. The van der Waals surface area contributed by atoms with Crippen LogP contribution in [0, 0.1) is 11.3 Å². The van der Waals surface area contributed by atoms with Gasteiger partial charge in [0.05, 0.1) is 18.1 Å². The van der Waals surface area contributed by atoms with E-state index in [-0.39, 0.29) is 6.42 Å². The minimum Gasteiger partial charge on any atom is -0.384 e. The average Bonchev–Trinajstić information content (AvgIpc) is 2.30. The van der Waals surface area contributed by atoms with Crippen LogP contribution in [-0.4, -0.2) is 10.7 Å². The lowest BCUT2D eigenvalue weighted by molar-refractivity contribution is 0.0955. The van der Waals surface area contributed by atoms with E-state index >= 15 is 0 Å². The summed E-state index contributed by atoms with van der Waals surface area (Å²) in [5.41, 5.74) is 2.43. The molecule has 86 valence electrons. The van der Waals surface area contributed by atoms with Gasteiger partial charge >= 0.3 is 0 Å². The number of hydrogen-bond donors (Lipinski definition) is 1. The van der Waals surface area contributed by atoms with Crippen molar-refractivity contribution in [2.75, 3.05) is 0 Å². The second-order valence-corrected chi connectivity index (χ2v) is 4.51. The Hall–Kier alpha value is -1.85. The molecule has 0 aromatic heterocycles. The molecule has 0 bridgehead atoms. The van der Waals surface area contributed by atoms with Gasteiger partial charge in [0.25, 0.3) is 0 Å². The lowest BCUT2D eigenvalue weighted by Gasteiger charge is -2.27. The third-order valence-corrected chi connectivity index (χ3v) is 3.06. The van der Waals surface area contributed by atoms with Crippen LogP contribution in [0.2, 0.25) is 0 Å². The van der Waals surface area contributed by atoms with Crippen molar-refractivity contribution in [1.29, 1.82) is 5.26 Å². The second-order valence-electron chi connectivity index (χ2n) is 4.51. The lowest BCUT2D eigenvalue weighted by atomic mass is 9.83. The Kier molecular flexibility index (Phi) is 3.12. The van der Waals surface area contributed by atoms with E-state index in [0.29, 0.717) is 6.42 Å². The summed E-state index contributed by atoms with van der Waals surface area (Å²) in [6.07, 6.45) is 4.33. The van der Waals surface area contributed by atoms with Gasteiger partial charge in [0.15, 0.2) is 0 Å². The number of nitriles is 1. The van der Waals surface area contributed by atoms with E-state index in [1.165, 1.54) is 0 Å². The number of benzene rings is 1. The first-order valence-electron chi connectivity index (χ1n) is 5.68. The standard InChI is InChI=1S/C15H15NO/c1-12-11-15(17,9-10-16)8-7-14(12)13-5-3-2-4-6-13/h2-8,17H,9,11H2,1H3. The molecule has 0 fully saturated rings. The molecule has 1 atom stereocenters. The molecule has 0 aliphatic heterocycles. The van der Waals surface area contributed by atoms with Crippen LogP contribution in [0.25, 0.3) is 5.57 Å². The van der Waals surface area contributed by atoms with Crippen LogP contribution in [0.4, 0.5) is 0 Å². The molecule has 2 rings (SSSR count). The highest BCUT2D eigenvalue weighted by Gasteiger charge is 2.27. The summed E-state index contributed by atoms with van der Waals surface area (Å²) in [5.74, 6) is 0. The molecule has 1 aliphatic rings. The van der Waals surface area contributed by atoms with Crippen molar-refractivity contribution in [2.45, 2.75) is 25.4 Å². The molecule has 17 heavy (non-hydrogen) atoms. The molecule has 1 unspecified atom stereocenters. The minimum atomic E-state index is -0.989. The SMILES string of the molecule is CC1=C(c2ccccc2)C=CC(O)(CC#N)C1. The predicted molar refractivity (Wildman–Crippen MR) is 68.0 cm³/mol. The van der Waals surface area contributed by atoms with Crippen molar-refractivity contribution in [3.63, 3.8) is 0 Å². The lowest BCUT2D eigenvalue weighted by Crippen LogP contribution is -2.27. The summed E-state index contributed by atoms with van der Waals surface area (Å²) in [6.45, 7) is 2.01. The van der Waals surface area contributed by atoms with Crippen LogP contribution in [0.5, 0.6) is 0 Å². The van der Waals surface area contributed by atoms with E-state index in [4.69, 9.17) is 5.26 Å². The highest BCUT2D eigenvalue weighted by molar-refractivity contribution is 5.78. The van der Waals surface area contributed by atoms with Gasteiger partial charge in [-0.1, -0.05) is 48.1 Å². The van der Waals surface area contributed by atoms with Crippen LogP contribution in [0.1, 0.15) is 25.3 Å². The van der Waals surface area contributed by atoms with Gasteiger partial charge in [-0.05, 0) is 18.1 Å². The summed E-state index contributed by atoms with van der Waals surface area (Å²) < 4.78 is 0. The molecule has 2 heteroatoms.